The summed E-state index contributed by atoms with van der Waals surface area (Å²) in [6.45, 7) is 4.44. The van der Waals surface area contributed by atoms with Crippen LogP contribution in [-0.2, 0) is 6.42 Å². The van der Waals surface area contributed by atoms with E-state index in [-0.39, 0.29) is 22.6 Å². The van der Waals surface area contributed by atoms with Crippen molar-refractivity contribution in [3.05, 3.63) is 63.7 Å². The fourth-order valence-electron chi connectivity index (χ4n) is 2.61. The molecule has 0 fully saturated rings. The maximum atomic E-state index is 12.2. The lowest BCUT2D eigenvalue weighted by Crippen LogP contribution is -2.31. The number of amides is 2. The van der Waals surface area contributed by atoms with E-state index in [9.17, 15) is 14.4 Å². The minimum absolute atomic E-state index is 0.0440. The molecule has 0 aliphatic carbocycles. The van der Waals surface area contributed by atoms with E-state index in [0.29, 0.717) is 24.3 Å². The van der Waals surface area contributed by atoms with Crippen LogP contribution in [0.25, 0.3) is 0 Å². The van der Waals surface area contributed by atoms with E-state index in [1.54, 1.807) is 30.3 Å². The van der Waals surface area contributed by atoms with Crippen molar-refractivity contribution in [1.29, 1.82) is 0 Å². The second kappa shape index (κ2) is 5.96. The number of nitrogens with one attached hydrogen (secondary N) is 2. The second-order valence-electron chi connectivity index (χ2n) is 6.63. The first-order chi connectivity index (χ1) is 11.4. The quantitative estimate of drug-likeness (QED) is 0.885. The maximum Gasteiger partial charge on any atom is 0.359 e. The van der Waals surface area contributed by atoms with Gasteiger partial charge in [0.1, 0.15) is 11.4 Å². The van der Waals surface area contributed by atoms with Crippen molar-refractivity contribution in [1.82, 2.24) is 5.32 Å². The summed E-state index contributed by atoms with van der Waals surface area (Å²) in [7, 11) is 0. The SMILES string of the molecule is CC1(C)CNC(=O)c2cc(NC(=O)c3ccccc3)c(=O)oc2C1. The minimum atomic E-state index is -0.663. The smallest absolute Gasteiger partial charge is 0.359 e. The molecule has 6 heteroatoms. The van der Waals surface area contributed by atoms with Crippen LogP contribution in [0.1, 0.15) is 40.3 Å². The summed E-state index contributed by atoms with van der Waals surface area (Å²) >= 11 is 0. The Morgan fingerprint density at radius 3 is 2.62 bits per heavy atom. The van der Waals surface area contributed by atoms with Gasteiger partial charge in [0, 0.05) is 18.5 Å². The number of anilines is 1. The molecule has 124 valence electrons. The zero-order valence-electron chi connectivity index (χ0n) is 13.5. The molecule has 0 atom stereocenters. The first kappa shape index (κ1) is 16.0. The van der Waals surface area contributed by atoms with Crippen molar-refractivity contribution in [2.24, 2.45) is 5.41 Å². The average Bonchev–Trinajstić information content (AvgIpc) is 2.65. The highest BCUT2D eigenvalue weighted by molar-refractivity contribution is 6.05. The van der Waals surface area contributed by atoms with E-state index in [2.05, 4.69) is 10.6 Å². The van der Waals surface area contributed by atoms with Crippen LogP contribution >= 0.6 is 0 Å². The van der Waals surface area contributed by atoms with E-state index in [0.717, 1.165) is 0 Å². The van der Waals surface area contributed by atoms with Gasteiger partial charge in [0.15, 0.2) is 0 Å². The van der Waals surface area contributed by atoms with Gasteiger partial charge in [-0.15, -0.1) is 0 Å². The Hall–Kier alpha value is -2.89. The van der Waals surface area contributed by atoms with Crippen molar-refractivity contribution < 1.29 is 14.0 Å². The van der Waals surface area contributed by atoms with Crippen LogP contribution in [0.2, 0.25) is 0 Å². The second-order valence-corrected chi connectivity index (χ2v) is 6.63. The third-order valence-corrected chi connectivity index (χ3v) is 3.92. The molecule has 6 nitrogen and oxygen atoms in total. The zero-order chi connectivity index (χ0) is 17.3. The lowest BCUT2D eigenvalue weighted by atomic mass is 9.88. The maximum absolute atomic E-state index is 12.2. The number of fused-ring (bicyclic) bond motifs is 1. The van der Waals surface area contributed by atoms with Crippen LogP contribution in [0, 0.1) is 5.41 Å². The van der Waals surface area contributed by atoms with Gasteiger partial charge in [0.2, 0.25) is 0 Å². The molecule has 2 N–H and O–H groups in total. The number of rotatable bonds is 2. The van der Waals surface area contributed by atoms with E-state index >= 15 is 0 Å². The Labute approximate surface area is 138 Å². The molecular formula is C18H18N2O4. The monoisotopic (exact) mass is 326 g/mol. The van der Waals surface area contributed by atoms with E-state index in [4.69, 9.17) is 4.42 Å². The predicted molar refractivity (Wildman–Crippen MR) is 89.2 cm³/mol. The van der Waals surface area contributed by atoms with Crippen molar-refractivity contribution in [2.45, 2.75) is 20.3 Å². The summed E-state index contributed by atoms with van der Waals surface area (Å²) in [6.07, 6.45) is 0.462. The molecule has 0 unspecified atom stereocenters. The summed E-state index contributed by atoms with van der Waals surface area (Å²) in [5.41, 5.74) is -0.229. The Balaban J connectivity index is 1.95. The van der Waals surface area contributed by atoms with Gasteiger partial charge in [-0.25, -0.2) is 4.79 Å². The van der Waals surface area contributed by atoms with E-state index in [1.807, 2.05) is 13.8 Å². The third-order valence-electron chi connectivity index (χ3n) is 3.92. The molecule has 0 bridgehead atoms. The number of hydrogen-bond donors (Lipinski definition) is 2. The molecule has 2 amide bonds. The summed E-state index contributed by atoms with van der Waals surface area (Å²) in [6, 6.07) is 9.90. The third kappa shape index (κ3) is 3.22. The van der Waals surface area contributed by atoms with Gasteiger partial charge in [-0.2, -0.15) is 0 Å². The standard InChI is InChI=1S/C18H18N2O4/c1-18(2)9-14-12(16(22)19-10-18)8-13(17(23)24-14)20-15(21)11-6-4-3-5-7-11/h3-8H,9-10H2,1-2H3,(H,19,22)(H,20,21). The van der Waals surface area contributed by atoms with Crippen LogP contribution in [0.15, 0.2) is 45.6 Å². The van der Waals surface area contributed by atoms with Crippen molar-refractivity contribution in [2.75, 3.05) is 11.9 Å². The fraction of sp³-hybridized carbons (Fsp3) is 0.278. The average molecular weight is 326 g/mol. The Kier molecular flexibility index (Phi) is 3.97. The molecular weight excluding hydrogens is 308 g/mol. The topological polar surface area (TPSA) is 88.4 Å². The highest BCUT2D eigenvalue weighted by Crippen LogP contribution is 2.26. The molecule has 1 aliphatic heterocycles. The summed E-state index contributed by atoms with van der Waals surface area (Å²) in [4.78, 5) is 36.6. The lowest BCUT2D eigenvalue weighted by molar-refractivity contribution is 0.0943. The normalized spacial score (nSPS) is 15.8. The molecule has 3 rings (SSSR count). The van der Waals surface area contributed by atoms with Crippen molar-refractivity contribution in [3.8, 4) is 0 Å². The van der Waals surface area contributed by atoms with Gasteiger partial charge < -0.3 is 15.1 Å². The van der Waals surface area contributed by atoms with Crippen LogP contribution < -0.4 is 16.3 Å². The van der Waals surface area contributed by atoms with Crippen LogP contribution in [0.3, 0.4) is 0 Å². The van der Waals surface area contributed by atoms with E-state index in [1.165, 1.54) is 6.07 Å². The van der Waals surface area contributed by atoms with Crippen molar-refractivity contribution >= 4 is 17.5 Å². The number of benzene rings is 1. The molecule has 1 aromatic carbocycles. The first-order valence-corrected chi connectivity index (χ1v) is 7.67. The molecule has 24 heavy (non-hydrogen) atoms. The fourth-order valence-corrected chi connectivity index (χ4v) is 2.61. The highest BCUT2D eigenvalue weighted by Gasteiger charge is 2.30. The van der Waals surface area contributed by atoms with Gasteiger partial charge in [-0.1, -0.05) is 32.0 Å². The Morgan fingerprint density at radius 2 is 1.92 bits per heavy atom. The molecule has 2 aromatic rings. The van der Waals surface area contributed by atoms with Gasteiger partial charge in [-0.3, -0.25) is 9.59 Å². The van der Waals surface area contributed by atoms with Crippen LogP contribution in [-0.4, -0.2) is 18.4 Å². The van der Waals surface area contributed by atoms with Gasteiger partial charge >= 0.3 is 5.63 Å². The van der Waals surface area contributed by atoms with Gasteiger partial charge in [-0.05, 0) is 23.6 Å². The summed E-state index contributed by atoms with van der Waals surface area (Å²) in [5.74, 6) is -0.399. The van der Waals surface area contributed by atoms with Crippen LogP contribution in [0.4, 0.5) is 5.69 Å². The molecule has 0 spiro atoms. The molecule has 1 aliphatic rings. The van der Waals surface area contributed by atoms with Gasteiger partial charge in [0.25, 0.3) is 11.8 Å². The molecule has 0 radical (unpaired) electrons. The van der Waals surface area contributed by atoms with E-state index < -0.39 is 11.5 Å². The predicted octanol–water partition coefficient (Wildman–Crippen LogP) is 2.20. The number of carbonyl (C=O) groups excluding carboxylic acids is 2. The molecule has 1 aromatic heterocycles. The Bertz CT molecular complexity index is 853. The summed E-state index contributed by atoms with van der Waals surface area (Å²) in [5, 5.41) is 5.32. The largest absolute Gasteiger partial charge is 0.426 e. The first-order valence-electron chi connectivity index (χ1n) is 7.67. The van der Waals surface area contributed by atoms with Crippen LogP contribution in [0.5, 0.6) is 0 Å². The van der Waals surface area contributed by atoms with Gasteiger partial charge in [0.05, 0.1) is 5.56 Å². The number of carbonyl (C=O) groups is 2. The molecule has 2 heterocycles. The Morgan fingerprint density at radius 1 is 1.21 bits per heavy atom. The molecule has 0 saturated heterocycles. The molecule has 0 saturated carbocycles. The minimum Gasteiger partial charge on any atom is -0.426 e. The zero-order valence-corrected chi connectivity index (χ0v) is 13.5. The highest BCUT2D eigenvalue weighted by atomic mass is 16.4. The summed E-state index contributed by atoms with van der Waals surface area (Å²) < 4.78 is 5.32. The van der Waals surface area contributed by atoms with Crippen molar-refractivity contribution in [3.63, 3.8) is 0 Å². The lowest BCUT2D eigenvalue weighted by Gasteiger charge is -2.20. The number of hydrogen-bond acceptors (Lipinski definition) is 4.